The van der Waals surface area contributed by atoms with Crippen molar-refractivity contribution in [3.8, 4) is 0 Å². The molecule has 0 spiro atoms. The Morgan fingerprint density at radius 1 is 1.80 bits per heavy atom. The molecule has 2 unspecified atom stereocenters. The second-order valence-corrected chi connectivity index (χ2v) is 1.31. The highest BCUT2D eigenvalue weighted by Gasteiger charge is 2.26. The fourth-order valence-corrected chi connectivity index (χ4v) is 0.202. The van der Waals surface area contributed by atoms with Crippen LogP contribution in [0.2, 0.25) is 0 Å². The molecule has 2 heteroatoms. The van der Waals surface area contributed by atoms with Crippen LogP contribution in [-0.4, -0.2) is 20.0 Å². The third-order valence-corrected chi connectivity index (χ3v) is 0.758. The maximum atomic E-state index is 5.14. The first-order valence-electron chi connectivity index (χ1n) is 1.72. The second-order valence-electron chi connectivity index (χ2n) is 1.31. The lowest BCUT2D eigenvalue weighted by atomic mass is 10.0. The zero-order valence-corrected chi connectivity index (χ0v) is 3.14. The molecule has 0 aromatic heterocycles. The molecule has 0 aliphatic carbocycles. The molecule has 0 bridgehead atoms. The van der Waals surface area contributed by atoms with E-state index in [4.69, 9.17) is 12.6 Å². The Bertz CT molecular complexity index is 40.2. The summed E-state index contributed by atoms with van der Waals surface area (Å²) in [4.78, 5) is 0. The van der Waals surface area contributed by atoms with Crippen molar-refractivity contribution in [1.82, 2.24) is 0 Å². The van der Waals surface area contributed by atoms with E-state index < -0.39 is 0 Å². The maximum absolute atomic E-state index is 5.14. The summed E-state index contributed by atoms with van der Waals surface area (Å²) >= 11 is 0. The highest BCUT2D eigenvalue weighted by Crippen LogP contribution is 2.15. The summed E-state index contributed by atoms with van der Waals surface area (Å²) < 4.78 is 4.69. The van der Waals surface area contributed by atoms with Crippen molar-refractivity contribution in [1.29, 1.82) is 0 Å². The van der Waals surface area contributed by atoms with Crippen LogP contribution in [0.5, 0.6) is 0 Å². The molecule has 2 atom stereocenters. The van der Waals surface area contributed by atoms with Gasteiger partial charge in [0.15, 0.2) is 0 Å². The Labute approximate surface area is 32.7 Å². The van der Waals surface area contributed by atoms with Gasteiger partial charge in [-0.2, -0.15) is 0 Å². The number of ether oxygens (including phenoxy) is 1. The largest absolute Gasteiger partial charge is 0.381 e. The zero-order chi connectivity index (χ0) is 3.86. The Kier molecular flexibility index (Phi) is 0.481. The molecule has 1 nitrogen and oxygen atoms in total. The van der Waals surface area contributed by atoms with Gasteiger partial charge in [-0.25, -0.2) is 0 Å². The van der Waals surface area contributed by atoms with Crippen molar-refractivity contribution in [2.24, 2.45) is 0 Å². The summed E-state index contributed by atoms with van der Waals surface area (Å²) in [6.45, 7) is 1.95. The minimum absolute atomic E-state index is 0.0509. The van der Waals surface area contributed by atoms with Crippen molar-refractivity contribution >= 4 is 7.85 Å². The van der Waals surface area contributed by atoms with E-state index in [9.17, 15) is 0 Å². The molecule has 0 N–H and O–H groups in total. The van der Waals surface area contributed by atoms with E-state index in [0.29, 0.717) is 6.10 Å². The average Bonchev–Trinajstić information content (AvgIpc) is 1.79. The van der Waals surface area contributed by atoms with Crippen molar-refractivity contribution in [3.63, 3.8) is 0 Å². The Morgan fingerprint density at radius 2 is 2.00 bits per heavy atom. The first-order chi connectivity index (χ1) is 2.30. The van der Waals surface area contributed by atoms with Gasteiger partial charge in [0.2, 0.25) is 0 Å². The lowest BCUT2D eigenvalue weighted by Crippen LogP contribution is -1.82. The van der Waals surface area contributed by atoms with E-state index in [1.165, 1.54) is 0 Å². The number of hydrogen-bond donors (Lipinski definition) is 0. The van der Waals surface area contributed by atoms with Gasteiger partial charge in [-0.3, -0.25) is 0 Å². The molecule has 2 radical (unpaired) electrons. The van der Waals surface area contributed by atoms with E-state index in [1.54, 1.807) is 0 Å². The van der Waals surface area contributed by atoms with Crippen molar-refractivity contribution in [2.75, 3.05) is 0 Å². The van der Waals surface area contributed by atoms with Crippen LogP contribution in [0.15, 0.2) is 0 Å². The Hall–Kier alpha value is 0.0249. The summed E-state index contributed by atoms with van der Waals surface area (Å²) in [6.07, 6.45) is 0.329. The molecule has 1 aliphatic heterocycles. The monoisotopic (exact) mass is 68.0 g/mol. The summed E-state index contributed by atoms with van der Waals surface area (Å²) in [6, 6.07) is 0.0509. The topological polar surface area (TPSA) is 12.5 Å². The Balaban J connectivity index is 2.20. The molecule has 0 aromatic rings. The third kappa shape index (κ3) is 0.455. The Morgan fingerprint density at radius 3 is 2.00 bits per heavy atom. The minimum Gasteiger partial charge on any atom is -0.381 e. The van der Waals surface area contributed by atoms with Crippen molar-refractivity contribution in [2.45, 2.75) is 19.0 Å². The quantitative estimate of drug-likeness (QED) is 0.285. The predicted octanol–water partition coefficient (Wildman–Crippen LogP) is -0.100. The lowest BCUT2D eigenvalue weighted by molar-refractivity contribution is 0.411. The van der Waals surface area contributed by atoms with E-state index >= 15 is 0 Å². The summed E-state index contributed by atoms with van der Waals surface area (Å²) in [5.41, 5.74) is 0. The highest BCUT2D eigenvalue weighted by molar-refractivity contribution is 6.12. The predicted molar refractivity (Wildman–Crippen MR) is 20.1 cm³/mol. The summed E-state index contributed by atoms with van der Waals surface area (Å²) in [5.74, 6) is 0. The van der Waals surface area contributed by atoms with Crippen LogP contribution < -0.4 is 0 Å². The van der Waals surface area contributed by atoms with E-state index in [-0.39, 0.29) is 6.00 Å². The highest BCUT2D eigenvalue weighted by atomic mass is 16.6. The first kappa shape index (κ1) is 3.22. The molecule has 1 aliphatic rings. The van der Waals surface area contributed by atoms with Crippen LogP contribution >= 0.6 is 0 Å². The van der Waals surface area contributed by atoms with E-state index in [2.05, 4.69) is 0 Å². The van der Waals surface area contributed by atoms with Gasteiger partial charge in [-0.05, 0) is 6.92 Å². The van der Waals surface area contributed by atoms with Crippen LogP contribution in [0.3, 0.4) is 0 Å². The normalized spacial score (nSPS) is 49.0. The van der Waals surface area contributed by atoms with Gasteiger partial charge in [0.1, 0.15) is 7.85 Å². The fourth-order valence-electron chi connectivity index (χ4n) is 0.202. The van der Waals surface area contributed by atoms with Gasteiger partial charge >= 0.3 is 0 Å². The van der Waals surface area contributed by atoms with Crippen LogP contribution in [0.1, 0.15) is 6.92 Å². The van der Waals surface area contributed by atoms with Crippen LogP contribution in [0.25, 0.3) is 0 Å². The van der Waals surface area contributed by atoms with E-state index in [0.717, 1.165) is 0 Å². The third-order valence-electron chi connectivity index (χ3n) is 0.758. The molecule has 1 saturated heterocycles. The smallest absolute Gasteiger partial charge is 0.112 e. The fraction of sp³-hybridized carbons (Fsp3) is 1.00. The van der Waals surface area contributed by atoms with Crippen LogP contribution in [0, 0.1) is 0 Å². The minimum atomic E-state index is 0.0509. The molecule has 1 heterocycles. The standard InChI is InChI=1S/C3H5BO/c1-2-3(4)5-2/h2-3H,1H3. The first-order valence-corrected chi connectivity index (χ1v) is 1.72. The van der Waals surface area contributed by atoms with Gasteiger partial charge < -0.3 is 4.74 Å². The van der Waals surface area contributed by atoms with Crippen molar-refractivity contribution < 1.29 is 4.74 Å². The molecule has 1 fully saturated rings. The molecular formula is C3H5BO. The molecule has 26 valence electrons. The van der Waals surface area contributed by atoms with Gasteiger partial charge in [0.25, 0.3) is 0 Å². The molecule has 0 amide bonds. The van der Waals surface area contributed by atoms with Crippen LogP contribution in [0.4, 0.5) is 0 Å². The molecule has 0 aromatic carbocycles. The SMILES string of the molecule is [B]C1OC1C. The van der Waals surface area contributed by atoms with Gasteiger partial charge in [-0.1, -0.05) is 0 Å². The number of hydrogen-bond acceptors (Lipinski definition) is 1. The molecular weight excluding hydrogens is 62.8 g/mol. The molecule has 1 rings (SSSR count). The molecule has 5 heavy (non-hydrogen) atoms. The van der Waals surface area contributed by atoms with Gasteiger partial charge in [0, 0.05) is 6.00 Å². The number of epoxide rings is 1. The van der Waals surface area contributed by atoms with Gasteiger partial charge in [-0.15, -0.1) is 0 Å². The maximum Gasteiger partial charge on any atom is 0.112 e. The van der Waals surface area contributed by atoms with E-state index in [1.807, 2.05) is 6.92 Å². The summed E-state index contributed by atoms with van der Waals surface area (Å²) in [7, 11) is 5.14. The zero-order valence-electron chi connectivity index (χ0n) is 3.14. The molecule has 0 saturated carbocycles. The number of rotatable bonds is 0. The van der Waals surface area contributed by atoms with Crippen LogP contribution in [-0.2, 0) is 4.74 Å². The average molecular weight is 67.9 g/mol. The lowest BCUT2D eigenvalue weighted by Gasteiger charge is -1.57. The van der Waals surface area contributed by atoms with Crippen molar-refractivity contribution in [3.05, 3.63) is 0 Å². The van der Waals surface area contributed by atoms with Gasteiger partial charge in [0.05, 0.1) is 6.10 Å². The second kappa shape index (κ2) is 0.746. The summed E-state index contributed by atoms with van der Waals surface area (Å²) in [5, 5.41) is 0.